The average molecular weight is 355 g/mol. The van der Waals surface area contributed by atoms with Crippen molar-refractivity contribution in [1.82, 2.24) is 4.31 Å². The number of halogens is 1. The van der Waals surface area contributed by atoms with Crippen LogP contribution in [-0.4, -0.2) is 46.5 Å². The maximum atomic E-state index is 12.3. The van der Waals surface area contributed by atoms with Crippen LogP contribution in [0.25, 0.3) is 0 Å². The van der Waals surface area contributed by atoms with E-state index >= 15 is 0 Å². The van der Waals surface area contributed by atoms with E-state index in [0.717, 1.165) is 6.26 Å². The van der Waals surface area contributed by atoms with Gasteiger partial charge < -0.3 is 5.73 Å². The summed E-state index contributed by atoms with van der Waals surface area (Å²) in [6, 6.07) is 5.84. The number of sulfonamides is 1. The predicted octanol–water partition coefficient (Wildman–Crippen LogP) is 0.375. The molecule has 6 nitrogen and oxygen atoms in total. The molecule has 1 aliphatic heterocycles. The van der Waals surface area contributed by atoms with Crippen LogP contribution in [0.3, 0.4) is 0 Å². The fraction of sp³-hybridized carbons (Fsp3) is 0.500. The molecule has 2 N–H and O–H groups in total. The molecule has 0 spiro atoms. The van der Waals surface area contributed by atoms with Gasteiger partial charge in [-0.3, -0.25) is 0 Å². The second-order valence-corrected chi connectivity index (χ2v) is 9.20. The second kappa shape index (κ2) is 6.62. The first-order valence-electron chi connectivity index (χ1n) is 6.21. The number of nitrogens with zero attached hydrogens (tertiary/aromatic N) is 1. The minimum atomic E-state index is -3.53. The molecule has 1 atom stereocenters. The first kappa shape index (κ1) is 18.4. The quantitative estimate of drug-likeness (QED) is 0.842. The van der Waals surface area contributed by atoms with Gasteiger partial charge in [0.05, 0.1) is 10.6 Å². The zero-order chi connectivity index (χ0) is 15.0. The van der Waals surface area contributed by atoms with Crippen LogP contribution >= 0.6 is 12.4 Å². The molecule has 1 aromatic carbocycles. The van der Waals surface area contributed by atoms with Gasteiger partial charge in [0.25, 0.3) is 0 Å². The zero-order valence-electron chi connectivity index (χ0n) is 11.6. The van der Waals surface area contributed by atoms with E-state index in [0.29, 0.717) is 25.1 Å². The van der Waals surface area contributed by atoms with E-state index < -0.39 is 19.9 Å². The Morgan fingerprint density at radius 1 is 1.19 bits per heavy atom. The molecule has 2 rings (SSSR count). The van der Waals surface area contributed by atoms with Crippen LogP contribution < -0.4 is 5.73 Å². The van der Waals surface area contributed by atoms with Crippen molar-refractivity contribution in [2.45, 2.75) is 23.1 Å². The van der Waals surface area contributed by atoms with E-state index in [1.807, 2.05) is 0 Å². The molecule has 1 aliphatic rings. The third-order valence-electron chi connectivity index (χ3n) is 3.18. The molecule has 0 radical (unpaired) electrons. The lowest BCUT2D eigenvalue weighted by molar-refractivity contribution is 0.472. The summed E-state index contributed by atoms with van der Waals surface area (Å²) >= 11 is 0. The van der Waals surface area contributed by atoms with E-state index in [2.05, 4.69) is 0 Å². The van der Waals surface area contributed by atoms with E-state index in [1.54, 1.807) is 0 Å². The van der Waals surface area contributed by atoms with Crippen molar-refractivity contribution in [2.24, 2.45) is 5.73 Å². The summed E-state index contributed by atoms with van der Waals surface area (Å²) in [6.45, 7) is 0.752. The standard InChI is InChI=1S/C12H18N2O4S2.ClH/c1-19(15,16)9-10-2-4-12(5-3-10)20(17,18)14-7-6-11(13)8-14;/h2-5,11H,6-9,13H2,1H3;1H/t11-;/m0./s1. The number of nitrogens with two attached hydrogens (primary N) is 1. The van der Waals surface area contributed by atoms with Crippen LogP contribution in [0.4, 0.5) is 0 Å². The zero-order valence-corrected chi connectivity index (χ0v) is 14.0. The second-order valence-electron chi connectivity index (χ2n) is 5.13. The van der Waals surface area contributed by atoms with Crippen LogP contribution in [0.5, 0.6) is 0 Å². The smallest absolute Gasteiger partial charge is 0.243 e. The van der Waals surface area contributed by atoms with E-state index in [-0.39, 0.29) is 29.1 Å². The summed E-state index contributed by atoms with van der Waals surface area (Å²) in [5.41, 5.74) is 6.29. The van der Waals surface area contributed by atoms with E-state index in [4.69, 9.17) is 5.73 Å². The molecule has 0 unspecified atom stereocenters. The van der Waals surface area contributed by atoms with E-state index in [9.17, 15) is 16.8 Å². The van der Waals surface area contributed by atoms with Gasteiger partial charge in [0.15, 0.2) is 9.84 Å². The van der Waals surface area contributed by atoms with Crippen LogP contribution in [0.2, 0.25) is 0 Å². The fourth-order valence-corrected chi connectivity index (χ4v) is 4.49. The lowest BCUT2D eigenvalue weighted by atomic mass is 10.2. The van der Waals surface area contributed by atoms with Crippen LogP contribution in [0, 0.1) is 0 Å². The fourth-order valence-electron chi connectivity index (χ4n) is 2.18. The number of benzene rings is 1. The topological polar surface area (TPSA) is 97.5 Å². The van der Waals surface area contributed by atoms with Crippen molar-refractivity contribution in [3.63, 3.8) is 0 Å². The number of sulfone groups is 1. The summed E-state index contributed by atoms with van der Waals surface area (Å²) in [5, 5.41) is 0. The minimum absolute atomic E-state index is 0. The highest BCUT2D eigenvalue weighted by atomic mass is 35.5. The molecule has 0 aliphatic carbocycles. The molecule has 21 heavy (non-hydrogen) atoms. The number of hydrogen-bond donors (Lipinski definition) is 1. The maximum absolute atomic E-state index is 12.3. The normalized spacial score (nSPS) is 20.2. The SMILES string of the molecule is CS(=O)(=O)Cc1ccc(S(=O)(=O)N2CC[C@H](N)C2)cc1.Cl. The molecule has 9 heteroatoms. The Morgan fingerprint density at radius 3 is 2.19 bits per heavy atom. The summed E-state index contributed by atoms with van der Waals surface area (Å²) in [6.07, 6.45) is 1.80. The minimum Gasteiger partial charge on any atom is -0.326 e. The van der Waals surface area contributed by atoms with Crippen molar-refractivity contribution < 1.29 is 16.8 Å². The molecular formula is C12H19ClN2O4S2. The van der Waals surface area contributed by atoms with Crippen molar-refractivity contribution in [1.29, 1.82) is 0 Å². The Bertz CT molecular complexity index is 686. The molecule has 120 valence electrons. The molecule has 1 heterocycles. The van der Waals surface area contributed by atoms with Gasteiger partial charge in [-0.25, -0.2) is 16.8 Å². The molecule has 0 saturated carbocycles. The third-order valence-corrected chi connectivity index (χ3v) is 5.91. The molecule has 0 aromatic heterocycles. The summed E-state index contributed by atoms with van der Waals surface area (Å²) < 4.78 is 48.4. The maximum Gasteiger partial charge on any atom is 0.243 e. The van der Waals surface area contributed by atoms with E-state index in [1.165, 1.54) is 28.6 Å². The highest BCUT2D eigenvalue weighted by Crippen LogP contribution is 2.21. The van der Waals surface area contributed by atoms with Gasteiger partial charge in [-0.05, 0) is 24.1 Å². The first-order valence-corrected chi connectivity index (χ1v) is 9.71. The summed E-state index contributed by atoms with van der Waals surface area (Å²) in [5.74, 6) is -0.0953. The Morgan fingerprint density at radius 2 is 1.76 bits per heavy atom. The van der Waals surface area contributed by atoms with Gasteiger partial charge in [-0.15, -0.1) is 12.4 Å². The predicted molar refractivity (Wildman–Crippen MR) is 83.6 cm³/mol. The van der Waals surface area contributed by atoms with Crippen LogP contribution in [0.15, 0.2) is 29.2 Å². The van der Waals surface area contributed by atoms with Crippen LogP contribution in [0.1, 0.15) is 12.0 Å². The van der Waals surface area contributed by atoms with Gasteiger partial charge in [0, 0.05) is 25.4 Å². The van der Waals surface area contributed by atoms with Crippen LogP contribution in [-0.2, 0) is 25.6 Å². The Hall–Kier alpha value is -0.670. The van der Waals surface area contributed by atoms with Gasteiger partial charge in [0.2, 0.25) is 10.0 Å². The highest BCUT2D eigenvalue weighted by molar-refractivity contribution is 7.90. The third kappa shape index (κ3) is 4.65. The van der Waals surface area contributed by atoms with Gasteiger partial charge >= 0.3 is 0 Å². The first-order chi connectivity index (χ1) is 9.18. The molecule has 0 bridgehead atoms. The van der Waals surface area contributed by atoms with Gasteiger partial charge in [-0.2, -0.15) is 4.31 Å². The molecule has 0 amide bonds. The molecule has 1 aromatic rings. The largest absolute Gasteiger partial charge is 0.326 e. The lowest BCUT2D eigenvalue weighted by Crippen LogP contribution is -2.31. The molecular weight excluding hydrogens is 336 g/mol. The van der Waals surface area contributed by atoms with Crippen molar-refractivity contribution >= 4 is 32.3 Å². The summed E-state index contributed by atoms with van der Waals surface area (Å²) in [4.78, 5) is 0.170. The summed E-state index contributed by atoms with van der Waals surface area (Å²) in [7, 11) is -6.65. The Labute approximate surface area is 131 Å². The number of rotatable bonds is 4. The van der Waals surface area contributed by atoms with Crippen molar-refractivity contribution in [3.05, 3.63) is 29.8 Å². The van der Waals surface area contributed by atoms with Gasteiger partial charge in [0.1, 0.15) is 0 Å². The van der Waals surface area contributed by atoms with Crippen molar-refractivity contribution in [2.75, 3.05) is 19.3 Å². The molecule has 1 saturated heterocycles. The molecule has 1 fully saturated rings. The Balaban J connectivity index is 0.00000220. The average Bonchev–Trinajstić information content (AvgIpc) is 2.75. The monoisotopic (exact) mass is 354 g/mol. The Kier molecular flexibility index (Phi) is 5.79. The van der Waals surface area contributed by atoms with Crippen molar-refractivity contribution in [3.8, 4) is 0 Å². The number of hydrogen-bond acceptors (Lipinski definition) is 5. The highest BCUT2D eigenvalue weighted by Gasteiger charge is 2.30. The lowest BCUT2D eigenvalue weighted by Gasteiger charge is -2.16. The van der Waals surface area contributed by atoms with Gasteiger partial charge in [-0.1, -0.05) is 12.1 Å².